The summed E-state index contributed by atoms with van der Waals surface area (Å²) >= 11 is 6.02. The average molecular weight is 308 g/mol. The van der Waals surface area contributed by atoms with Gasteiger partial charge in [0.1, 0.15) is 23.3 Å². The van der Waals surface area contributed by atoms with Crippen LogP contribution in [0.3, 0.4) is 0 Å². The van der Waals surface area contributed by atoms with Crippen LogP contribution in [0.1, 0.15) is 11.4 Å². The van der Waals surface area contributed by atoms with Crippen LogP contribution in [0.4, 0.5) is 5.82 Å². The van der Waals surface area contributed by atoms with Gasteiger partial charge in [0.25, 0.3) is 0 Å². The normalized spacial score (nSPS) is 10.5. The standard InChI is InChI=1S/C15H18ClN3O2/c1-19(9-11-4-6-12(21-3)7-5-11)15-8-13(16)17-14(18-15)10-20-2/h4-8H,9-10H2,1-3H3. The van der Waals surface area contributed by atoms with E-state index in [0.29, 0.717) is 24.1 Å². The quantitative estimate of drug-likeness (QED) is 0.768. The number of aromatic nitrogens is 2. The molecule has 0 N–H and O–H groups in total. The molecule has 1 aromatic carbocycles. The number of rotatable bonds is 6. The SMILES string of the molecule is COCc1nc(Cl)cc(N(C)Cc2ccc(OC)cc2)n1. The van der Waals surface area contributed by atoms with Crippen molar-refractivity contribution in [3.63, 3.8) is 0 Å². The average Bonchev–Trinajstić information content (AvgIpc) is 2.48. The van der Waals surface area contributed by atoms with Gasteiger partial charge in [0, 0.05) is 26.8 Å². The molecule has 0 radical (unpaired) electrons. The third kappa shape index (κ3) is 4.31. The first-order chi connectivity index (χ1) is 10.1. The van der Waals surface area contributed by atoms with Crippen molar-refractivity contribution in [1.82, 2.24) is 9.97 Å². The maximum absolute atomic E-state index is 6.02. The molecule has 0 atom stereocenters. The second-order valence-corrected chi connectivity index (χ2v) is 4.99. The third-order valence-corrected chi connectivity index (χ3v) is 3.16. The van der Waals surface area contributed by atoms with Gasteiger partial charge in [-0.1, -0.05) is 23.7 Å². The topological polar surface area (TPSA) is 47.5 Å². The van der Waals surface area contributed by atoms with Crippen molar-refractivity contribution in [2.24, 2.45) is 0 Å². The van der Waals surface area contributed by atoms with E-state index in [4.69, 9.17) is 21.1 Å². The fraction of sp³-hybridized carbons (Fsp3) is 0.333. The van der Waals surface area contributed by atoms with Gasteiger partial charge in [-0.25, -0.2) is 9.97 Å². The minimum atomic E-state index is 0.337. The van der Waals surface area contributed by atoms with Gasteiger partial charge in [-0.2, -0.15) is 0 Å². The summed E-state index contributed by atoms with van der Waals surface area (Å²) in [5.74, 6) is 2.17. The van der Waals surface area contributed by atoms with Crippen LogP contribution in [0.25, 0.3) is 0 Å². The summed E-state index contributed by atoms with van der Waals surface area (Å²) in [5.41, 5.74) is 1.15. The summed E-state index contributed by atoms with van der Waals surface area (Å²) in [4.78, 5) is 10.6. The van der Waals surface area contributed by atoms with E-state index >= 15 is 0 Å². The van der Waals surface area contributed by atoms with E-state index in [1.54, 1.807) is 20.3 Å². The molecule has 112 valence electrons. The summed E-state index contributed by atoms with van der Waals surface area (Å²) in [6, 6.07) is 9.66. The Hall–Kier alpha value is -1.85. The predicted octanol–water partition coefficient (Wildman–Crippen LogP) is 2.92. The molecule has 0 fully saturated rings. The van der Waals surface area contributed by atoms with Gasteiger partial charge < -0.3 is 14.4 Å². The Balaban J connectivity index is 2.13. The Morgan fingerprint density at radius 3 is 2.48 bits per heavy atom. The monoisotopic (exact) mass is 307 g/mol. The lowest BCUT2D eigenvalue weighted by atomic mass is 10.2. The number of nitrogens with zero attached hydrogens (tertiary/aromatic N) is 3. The fourth-order valence-electron chi connectivity index (χ4n) is 1.93. The summed E-state index contributed by atoms with van der Waals surface area (Å²) in [5, 5.41) is 0.411. The van der Waals surface area contributed by atoms with Gasteiger partial charge in [0.2, 0.25) is 0 Å². The largest absolute Gasteiger partial charge is 0.497 e. The predicted molar refractivity (Wildman–Crippen MR) is 82.9 cm³/mol. The van der Waals surface area contributed by atoms with Gasteiger partial charge in [0.05, 0.1) is 7.11 Å². The molecule has 0 saturated heterocycles. The molecule has 0 aliphatic heterocycles. The molecule has 1 heterocycles. The number of hydrogen-bond acceptors (Lipinski definition) is 5. The Morgan fingerprint density at radius 2 is 1.86 bits per heavy atom. The molecule has 2 aromatic rings. The van der Waals surface area contributed by atoms with Crippen molar-refractivity contribution in [2.45, 2.75) is 13.2 Å². The van der Waals surface area contributed by atoms with Crippen LogP contribution in [-0.4, -0.2) is 31.2 Å². The molecule has 0 amide bonds. The zero-order valence-corrected chi connectivity index (χ0v) is 13.1. The zero-order chi connectivity index (χ0) is 15.2. The van der Waals surface area contributed by atoms with Crippen LogP contribution in [0.5, 0.6) is 5.75 Å². The van der Waals surface area contributed by atoms with Crippen LogP contribution in [-0.2, 0) is 17.9 Å². The third-order valence-electron chi connectivity index (χ3n) is 2.97. The minimum absolute atomic E-state index is 0.337. The molecule has 5 nitrogen and oxygen atoms in total. The summed E-state index contributed by atoms with van der Waals surface area (Å²) < 4.78 is 10.2. The van der Waals surface area contributed by atoms with Gasteiger partial charge in [-0.3, -0.25) is 0 Å². The maximum atomic E-state index is 6.02. The second-order valence-electron chi connectivity index (χ2n) is 4.60. The first-order valence-electron chi connectivity index (χ1n) is 6.49. The molecule has 0 unspecified atom stereocenters. The van der Waals surface area contributed by atoms with Crippen LogP contribution < -0.4 is 9.64 Å². The molecule has 0 bridgehead atoms. The highest BCUT2D eigenvalue weighted by atomic mass is 35.5. The summed E-state index contributed by atoms with van der Waals surface area (Å²) in [6.07, 6.45) is 0. The highest BCUT2D eigenvalue weighted by Crippen LogP contribution is 2.19. The molecule has 0 saturated carbocycles. The van der Waals surface area contributed by atoms with Gasteiger partial charge >= 0.3 is 0 Å². The minimum Gasteiger partial charge on any atom is -0.497 e. The Bertz CT molecular complexity index is 590. The molecule has 0 aliphatic carbocycles. The number of anilines is 1. The lowest BCUT2D eigenvalue weighted by molar-refractivity contribution is 0.178. The van der Waals surface area contributed by atoms with Gasteiger partial charge in [-0.15, -0.1) is 0 Å². The van der Waals surface area contributed by atoms with E-state index < -0.39 is 0 Å². The van der Waals surface area contributed by atoms with Crippen LogP contribution in [0.2, 0.25) is 5.15 Å². The van der Waals surface area contributed by atoms with Crippen molar-refractivity contribution in [3.8, 4) is 5.75 Å². The van der Waals surface area contributed by atoms with Crippen molar-refractivity contribution in [3.05, 3.63) is 46.9 Å². The van der Waals surface area contributed by atoms with E-state index in [-0.39, 0.29) is 0 Å². The molecule has 21 heavy (non-hydrogen) atoms. The van der Waals surface area contributed by atoms with Crippen molar-refractivity contribution >= 4 is 17.4 Å². The highest BCUT2D eigenvalue weighted by molar-refractivity contribution is 6.29. The number of hydrogen-bond donors (Lipinski definition) is 0. The van der Waals surface area contributed by atoms with E-state index in [0.717, 1.165) is 17.1 Å². The molecule has 2 rings (SSSR count). The van der Waals surface area contributed by atoms with Gasteiger partial charge in [-0.05, 0) is 17.7 Å². The summed E-state index contributed by atoms with van der Waals surface area (Å²) in [7, 11) is 5.21. The van der Waals surface area contributed by atoms with E-state index in [1.807, 2.05) is 36.2 Å². The van der Waals surface area contributed by atoms with Crippen LogP contribution >= 0.6 is 11.6 Å². The number of halogens is 1. The van der Waals surface area contributed by atoms with Crippen LogP contribution in [0, 0.1) is 0 Å². The van der Waals surface area contributed by atoms with Gasteiger partial charge in [0.15, 0.2) is 5.82 Å². The lowest BCUT2D eigenvalue weighted by Gasteiger charge is -2.19. The highest BCUT2D eigenvalue weighted by Gasteiger charge is 2.08. The number of benzene rings is 1. The van der Waals surface area contributed by atoms with Crippen molar-refractivity contribution < 1.29 is 9.47 Å². The number of ether oxygens (including phenoxy) is 2. The molecular weight excluding hydrogens is 290 g/mol. The lowest BCUT2D eigenvalue weighted by Crippen LogP contribution is -2.18. The molecular formula is C15H18ClN3O2. The molecule has 0 aliphatic rings. The van der Waals surface area contributed by atoms with Crippen molar-refractivity contribution in [2.75, 3.05) is 26.2 Å². The first kappa shape index (κ1) is 15.5. The fourth-order valence-corrected chi connectivity index (χ4v) is 2.12. The zero-order valence-electron chi connectivity index (χ0n) is 12.3. The second kappa shape index (κ2) is 7.24. The van der Waals surface area contributed by atoms with E-state index in [1.165, 1.54) is 0 Å². The molecule has 6 heteroatoms. The Labute approximate surface area is 129 Å². The number of methoxy groups -OCH3 is 2. The van der Waals surface area contributed by atoms with E-state index in [2.05, 4.69) is 9.97 Å². The summed E-state index contributed by atoms with van der Waals surface area (Å²) in [6.45, 7) is 1.05. The molecule has 1 aromatic heterocycles. The molecule has 0 spiro atoms. The van der Waals surface area contributed by atoms with Crippen LogP contribution in [0.15, 0.2) is 30.3 Å². The Kier molecular flexibility index (Phi) is 5.36. The Morgan fingerprint density at radius 1 is 1.14 bits per heavy atom. The smallest absolute Gasteiger partial charge is 0.158 e. The maximum Gasteiger partial charge on any atom is 0.158 e. The van der Waals surface area contributed by atoms with E-state index in [9.17, 15) is 0 Å². The van der Waals surface area contributed by atoms with Crippen molar-refractivity contribution in [1.29, 1.82) is 0 Å². The first-order valence-corrected chi connectivity index (χ1v) is 6.86.